The van der Waals surface area contributed by atoms with Gasteiger partial charge in [-0.15, -0.1) is 0 Å². The first-order valence-corrected chi connectivity index (χ1v) is 10.9. The van der Waals surface area contributed by atoms with Crippen molar-refractivity contribution in [2.24, 2.45) is 0 Å². The second kappa shape index (κ2) is 10.7. The molecule has 0 saturated carbocycles. The van der Waals surface area contributed by atoms with Crippen molar-refractivity contribution >= 4 is 45.1 Å². The highest BCUT2D eigenvalue weighted by atomic mass is 16.6. The van der Waals surface area contributed by atoms with Crippen LogP contribution >= 0.6 is 0 Å². The average molecular weight is 496 g/mol. The van der Waals surface area contributed by atoms with Gasteiger partial charge < -0.3 is 19.0 Å². The molecule has 12 heteroatoms. The van der Waals surface area contributed by atoms with Gasteiger partial charge in [-0.25, -0.2) is 0 Å². The fraction of sp³-hybridized carbons (Fsp3) is 0.250. The predicted octanol–water partition coefficient (Wildman–Crippen LogP) is 4.36. The van der Waals surface area contributed by atoms with Crippen LogP contribution in [0, 0.1) is 34.1 Å². The first-order valence-electron chi connectivity index (χ1n) is 10.9. The number of nitro groups is 2. The number of hydrogen-bond donors (Lipinski definition) is 1. The number of carboxylic acid groups (broad SMARTS) is 1. The van der Waals surface area contributed by atoms with Crippen LogP contribution in [-0.4, -0.2) is 42.6 Å². The van der Waals surface area contributed by atoms with E-state index >= 15 is 0 Å². The third-order valence-electron chi connectivity index (χ3n) is 5.54. The second-order valence-electron chi connectivity index (χ2n) is 7.88. The molecule has 1 N–H and O–H groups in total. The molecule has 0 saturated heterocycles. The Bertz CT molecular complexity index is 1480. The number of non-ortho nitro benzene ring substituents is 2. The SMILES string of the molecule is CCOC(=O)Cn1c(C)cc2c([N+](=O)[O-])cccc21.Cc1cc2c([N+](=O)[O-])cccc2n1CC(=O)O. The van der Waals surface area contributed by atoms with E-state index < -0.39 is 15.8 Å². The quantitative estimate of drug-likeness (QED) is 0.224. The standard InChI is InChI=1S/C13H14N2O4.C11H10N2O4/c1-3-19-13(16)8-14-9(2)7-10-11(14)5-4-6-12(10)15(17)18;1-7-5-8-9(12(7)6-11(14)15)3-2-4-10(8)13(16)17/h4-7H,3,8H2,1-2H3;2-5H,6H2,1H3,(H,14,15). The summed E-state index contributed by atoms with van der Waals surface area (Å²) in [5, 5.41) is 31.6. The molecule has 188 valence electrons. The van der Waals surface area contributed by atoms with E-state index in [2.05, 4.69) is 0 Å². The van der Waals surface area contributed by atoms with E-state index in [9.17, 15) is 29.8 Å². The zero-order valence-corrected chi connectivity index (χ0v) is 19.8. The molecule has 4 rings (SSSR count). The number of nitrogens with zero attached hydrogens (tertiary/aromatic N) is 4. The first-order chi connectivity index (χ1) is 17.0. The average Bonchev–Trinajstić information content (AvgIpc) is 3.29. The predicted molar refractivity (Wildman–Crippen MR) is 131 cm³/mol. The lowest BCUT2D eigenvalue weighted by Gasteiger charge is -2.07. The van der Waals surface area contributed by atoms with Gasteiger partial charge in [0, 0.05) is 23.5 Å². The summed E-state index contributed by atoms with van der Waals surface area (Å²) in [6, 6.07) is 12.8. The summed E-state index contributed by atoms with van der Waals surface area (Å²) in [6.45, 7) is 5.46. The molecule has 0 radical (unpaired) electrons. The highest BCUT2D eigenvalue weighted by Crippen LogP contribution is 2.29. The molecule has 2 heterocycles. The maximum absolute atomic E-state index is 11.5. The van der Waals surface area contributed by atoms with Gasteiger partial charge in [0.05, 0.1) is 38.3 Å². The Morgan fingerprint density at radius 3 is 1.69 bits per heavy atom. The van der Waals surface area contributed by atoms with Crippen LogP contribution in [-0.2, 0) is 27.4 Å². The van der Waals surface area contributed by atoms with Gasteiger partial charge in [-0.05, 0) is 45.0 Å². The second-order valence-corrected chi connectivity index (χ2v) is 7.88. The Hall–Kier alpha value is -4.74. The number of fused-ring (bicyclic) bond motifs is 2. The fourth-order valence-corrected chi connectivity index (χ4v) is 4.01. The molecule has 12 nitrogen and oxygen atoms in total. The van der Waals surface area contributed by atoms with Crippen molar-refractivity contribution in [3.8, 4) is 0 Å². The summed E-state index contributed by atoms with van der Waals surface area (Å²) in [6.07, 6.45) is 0. The summed E-state index contributed by atoms with van der Waals surface area (Å²) >= 11 is 0. The Morgan fingerprint density at radius 2 is 1.31 bits per heavy atom. The van der Waals surface area contributed by atoms with Crippen molar-refractivity contribution in [3.05, 3.63) is 80.1 Å². The fourth-order valence-electron chi connectivity index (χ4n) is 4.01. The molecule has 0 amide bonds. The molecule has 0 bridgehead atoms. The van der Waals surface area contributed by atoms with E-state index in [1.165, 1.54) is 12.1 Å². The van der Waals surface area contributed by atoms with Gasteiger partial charge >= 0.3 is 11.9 Å². The maximum Gasteiger partial charge on any atom is 0.325 e. The third kappa shape index (κ3) is 5.32. The highest BCUT2D eigenvalue weighted by Gasteiger charge is 2.18. The van der Waals surface area contributed by atoms with Gasteiger partial charge in [0.1, 0.15) is 13.1 Å². The van der Waals surface area contributed by atoms with Crippen LogP contribution in [0.4, 0.5) is 11.4 Å². The van der Waals surface area contributed by atoms with Gasteiger partial charge in [0.15, 0.2) is 0 Å². The zero-order valence-electron chi connectivity index (χ0n) is 19.8. The van der Waals surface area contributed by atoms with Gasteiger partial charge in [-0.1, -0.05) is 12.1 Å². The number of aromatic nitrogens is 2. The molecular formula is C24H24N4O8. The largest absolute Gasteiger partial charge is 0.480 e. The van der Waals surface area contributed by atoms with Crippen molar-refractivity contribution in [2.45, 2.75) is 33.9 Å². The van der Waals surface area contributed by atoms with E-state index in [4.69, 9.17) is 9.84 Å². The summed E-state index contributed by atoms with van der Waals surface area (Å²) in [7, 11) is 0. The van der Waals surface area contributed by atoms with E-state index in [-0.39, 0.29) is 30.4 Å². The van der Waals surface area contributed by atoms with Gasteiger partial charge in [0.2, 0.25) is 0 Å². The lowest BCUT2D eigenvalue weighted by atomic mass is 10.2. The van der Waals surface area contributed by atoms with Crippen molar-refractivity contribution in [3.63, 3.8) is 0 Å². The van der Waals surface area contributed by atoms with Crippen LogP contribution in [0.2, 0.25) is 0 Å². The zero-order chi connectivity index (χ0) is 26.6. The van der Waals surface area contributed by atoms with E-state index in [0.29, 0.717) is 34.1 Å². The molecule has 36 heavy (non-hydrogen) atoms. The van der Waals surface area contributed by atoms with E-state index in [1.54, 1.807) is 59.4 Å². The summed E-state index contributed by atoms with van der Waals surface area (Å²) in [4.78, 5) is 43.2. The number of carbonyl (C=O) groups is 2. The topological polar surface area (TPSA) is 160 Å². The van der Waals surface area contributed by atoms with E-state index in [0.717, 1.165) is 5.69 Å². The minimum absolute atomic E-state index is 0.00487. The van der Waals surface area contributed by atoms with Crippen LogP contribution < -0.4 is 0 Å². The van der Waals surface area contributed by atoms with Gasteiger partial charge in [-0.3, -0.25) is 29.8 Å². The number of esters is 1. The Labute approximate surface area is 204 Å². The number of aryl methyl sites for hydroxylation is 2. The number of ether oxygens (including phenoxy) is 1. The summed E-state index contributed by atoms with van der Waals surface area (Å²) in [5.41, 5.74) is 2.76. The lowest BCUT2D eigenvalue weighted by Crippen LogP contribution is -2.14. The van der Waals surface area contributed by atoms with Crippen molar-refractivity contribution in [1.82, 2.24) is 9.13 Å². The van der Waals surface area contributed by atoms with E-state index in [1.807, 2.05) is 6.92 Å². The van der Waals surface area contributed by atoms with Gasteiger partial charge in [0.25, 0.3) is 11.4 Å². The number of rotatable bonds is 7. The first kappa shape index (κ1) is 25.9. The molecular weight excluding hydrogens is 472 g/mol. The van der Waals surface area contributed by atoms with Crippen molar-refractivity contribution < 1.29 is 29.3 Å². The van der Waals surface area contributed by atoms with Crippen LogP contribution in [0.25, 0.3) is 21.8 Å². The molecule has 2 aromatic carbocycles. The molecule has 0 aliphatic carbocycles. The molecule has 0 spiro atoms. The van der Waals surface area contributed by atoms with Crippen LogP contribution in [0.1, 0.15) is 18.3 Å². The normalized spacial score (nSPS) is 10.6. The monoisotopic (exact) mass is 496 g/mol. The maximum atomic E-state index is 11.5. The lowest BCUT2D eigenvalue weighted by molar-refractivity contribution is -0.383. The molecule has 0 fully saturated rings. The van der Waals surface area contributed by atoms with Crippen LogP contribution in [0.3, 0.4) is 0 Å². The molecule has 4 aromatic rings. The molecule has 0 aliphatic heterocycles. The highest BCUT2D eigenvalue weighted by molar-refractivity contribution is 5.91. The molecule has 0 atom stereocenters. The number of carbonyl (C=O) groups excluding carboxylic acids is 1. The number of aliphatic carboxylic acids is 1. The molecule has 0 aliphatic rings. The number of benzene rings is 2. The Balaban J connectivity index is 0.000000202. The minimum atomic E-state index is -0.975. The number of hydrogen-bond acceptors (Lipinski definition) is 7. The summed E-state index contributed by atoms with van der Waals surface area (Å²) in [5.74, 6) is -1.33. The Kier molecular flexibility index (Phi) is 7.67. The molecule has 0 unspecified atom stereocenters. The van der Waals surface area contributed by atoms with Crippen molar-refractivity contribution in [1.29, 1.82) is 0 Å². The minimum Gasteiger partial charge on any atom is -0.480 e. The van der Waals surface area contributed by atoms with Crippen LogP contribution in [0.15, 0.2) is 48.5 Å². The molecule has 2 aromatic heterocycles. The van der Waals surface area contributed by atoms with Gasteiger partial charge in [-0.2, -0.15) is 0 Å². The van der Waals surface area contributed by atoms with Crippen molar-refractivity contribution in [2.75, 3.05) is 6.61 Å². The third-order valence-corrected chi connectivity index (χ3v) is 5.54. The number of nitro benzene ring substituents is 2. The Morgan fingerprint density at radius 1 is 0.861 bits per heavy atom. The van der Waals surface area contributed by atoms with Crippen LogP contribution in [0.5, 0.6) is 0 Å². The smallest absolute Gasteiger partial charge is 0.325 e. The number of carboxylic acids is 1. The summed E-state index contributed by atoms with van der Waals surface area (Å²) < 4.78 is 8.17.